The van der Waals surface area contributed by atoms with Crippen molar-refractivity contribution in [3.63, 3.8) is 0 Å². The quantitative estimate of drug-likeness (QED) is 0.162. The van der Waals surface area contributed by atoms with Crippen LogP contribution in [0.25, 0.3) is 62.3 Å². The minimum absolute atomic E-state index is 0.588. The van der Waals surface area contributed by atoms with E-state index in [0.717, 1.165) is 56.9 Å². The first-order chi connectivity index (χ1) is 22.6. The standard InChI is InChI=1S/C39H33N5.C2H6/c1-4-14-28(15-5-2)31-22-27(3)41-36(26-31)33-23-32(35-20-12-13-21-40-35)24-34(25-33)39-43-37(29-16-8-6-9-17-29)42-38(44-39)30-18-10-7-11-19-30;1-2/h4,6-26H,5H2,1-3H3;1-2H3/b14-4-,28-15+;. The van der Waals surface area contributed by atoms with Crippen LogP contribution in [-0.4, -0.2) is 24.9 Å². The molecule has 0 aliphatic carbocycles. The van der Waals surface area contributed by atoms with Gasteiger partial charge in [-0.25, -0.2) is 15.0 Å². The number of hydrogen-bond donors (Lipinski definition) is 0. The fourth-order valence-electron chi connectivity index (χ4n) is 5.19. The number of pyridine rings is 2. The van der Waals surface area contributed by atoms with Gasteiger partial charge in [0.1, 0.15) is 0 Å². The van der Waals surface area contributed by atoms with E-state index in [1.165, 1.54) is 5.57 Å². The van der Waals surface area contributed by atoms with Crippen LogP contribution in [0.2, 0.25) is 0 Å². The smallest absolute Gasteiger partial charge is 0.164 e. The summed E-state index contributed by atoms with van der Waals surface area (Å²) >= 11 is 0. The summed E-state index contributed by atoms with van der Waals surface area (Å²) in [6.45, 7) is 10.2. The molecule has 0 N–H and O–H groups in total. The fraction of sp³-hybridized carbons (Fsp3) is 0.146. The predicted octanol–water partition coefficient (Wildman–Crippen LogP) is 10.7. The Morgan fingerprint density at radius 3 is 1.67 bits per heavy atom. The largest absolute Gasteiger partial charge is 0.256 e. The summed E-state index contributed by atoms with van der Waals surface area (Å²) in [7, 11) is 0. The number of benzene rings is 3. The average Bonchev–Trinajstić information content (AvgIpc) is 3.13. The van der Waals surface area contributed by atoms with Gasteiger partial charge >= 0.3 is 0 Å². The second kappa shape index (κ2) is 15.4. The van der Waals surface area contributed by atoms with Gasteiger partial charge in [-0.15, -0.1) is 0 Å². The van der Waals surface area contributed by atoms with Gasteiger partial charge in [-0.3, -0.25) is 9.97 Å². The highest BCUT2D eigenvalue weighted by molar-refractivity contribution is 5.81. The highest BCUT2D eigenvalue weighted by atomic mass is 15.0. The first kappa shape index (κ1) is 31.9. The van der Waals surface area contributed by atoms with Gasteiger partial charge in [0.25, 0.3) is 0 Å². The van der Waals surface area contributed by atoms with Crippen LogP contribution in [0.5, 0.6) is 0 Å². The van der Waals surface area contributed by atoms with Crippen molar-refractivity contribution in [1.29, 1.82) is 0 Å². The molecule has 0 fully saturated rings. The average molecular weight is 602 g/mol. The molecule has 3 aromatic heterocycles. The molecule has 6 aromatic rings. The topological polar surface area (TPSA) is 64.5 Å². The van der Waals surface area contributed by atoms with Crippen LogP contribution in [0.4, 0.5) is 0 Å². The van der Waals surface area contributed by atoms with Crippen molar-refractivity contribution in [2.24, 2.45) is 0 Å². The van der Waals surface area contributed by atoms with Crippen LogP contribution in [0.15, 0.2) is 134 Å². The molecular formula is C41H39N5. The zero-order valence-corrected chi connectivity index (χ0v) is 27.1. The Labute approximate surface area is 272 Å². The monoisotopic (exact) mass is 601 g/mol. The maximum absolute atomic E-state index is 5.00. The van der Waals surface area contributed by atoms with Crippen LogP contribution < -0.4 is 0 Å². The lowest BCUT2D eigenvalue weighted by molar-refractivity contribution is 1.07. The van der Waals surface area contributed by atoms with Crippen LogP contribution in [0.3, 0.4) is 0 Å². The Morgan fingerprint density at radius 2 is 1.13 bits per heavy atom. The number of allylic oxidation sites excluding steroid dienone is 4. The molecule has 0 spiro atoms. The van der Waals surface area contributed by atoms with E-state index in [1.807, 2.05) is 113 Å². The molecule has 3 heterocycles. The van der Waals surface area contributed by atoms with Crippen molar-refractivity contribution in [1.82, 2.24) is 24.9 Å². The minimum Gasteiger partial charge on any atom is -0.256 e. The molecule has 0 aliphatic heterocycles. The molecule has 228 valence electrons. The zero-order chi connectivity index (χ0) is 32.3. The third kappa shape index (κ3) is 7.56. The van der Waals surface area contributed by atoms with Crippen molar-refractivity contribution in [2.75, 3.05) is 0 Å². The summed E-state index contributed by atoms with van der Waals surface area (Å²) in [5.41, 5.74) is 9.66. The highest BCUT2D eigenvalue weighted by Gasteiger charge is 2.16. The van der Waals surface area contributed by atoms with Gasteiger partial charge in [-0.1, -0.05) is 106 Å². The third-order valence-corrected chi connectivity index (χ3v) is 7.20. The maximum atomic E-state index is 5.00. The molecule has 0 aliphatic rings. The lowest BCUT2D eigenvalue weighted by atomic mass is 9.97. The molecule has 0 atom stereocenters. The molecule has 5 heteroatoms. The summed E-state index contributed by atoms with van der Waals surface area (Å²) < 4.78 is 0. The van der Waals surface area contributed by atoms with E-state index in [9.17, 15) is 0 Å². The number of rotatable bonds is 8. The van der Waals surface area contributed by atoms with Gasteiger partial charge in [-0.2, -0.15) is 0 Å². The van der Waals surface area contributed by atoms with Gasteiger partial charge < -0.3 is 0 Å². The summed E-state index contributed by atoms with van der Waals surface area (Å²) in [6.07, 6.45) is 9.23. The molecule has 0 amide bonds. The van der Waals surface area contributed by atoms with Gasteiger partial charge in [0.15, 0.2) is 17.5 Å². The van der Waals surface area contributed by atoms with Crippen molar-refractivity contribution in [3.8, 4) is 56.7 Å². The van der Waals surface area contributed by atoms with Crippen LogP contribution in [0.1, 0.15) is 45.4 Å². The van der Waals surface area contributed by atoms with Crippen molar-refractivity contribution in [3.05, 3.63) is 145 Å². The highest BCUT2D eigenvalue weighted by Crippen LogP contribution is 2.33. The van der Waals surface area contributed by atoms with Gasteiger partial charge in [0.2, 0.25) is 0 Å². The fourth-order valence-corrected chi connectivity index (χ4v) is 5.19. The summed E-state index contributed by atoms with van der Waals surface area (Å²) in [4.78, 5) is 24.5. The number of aromatic nitrogens is 5. The van der Waals surface area contributed by atoms with E-state index in [2.05, 4.69) is 60.5 Å². The van der Waals surface area contributed by atoms with Crippen molar-refractivity contribution < 1.29 is 0 Å². The number of nitrogens with zero attached hydrogens (tertiary/aromatic N) is 5. The molecule has 0 saturated carbocycles. The lowest BCUT2D eigenvalue weighted by Gasteiger charge is -2.13. The molecule has 3 aromatic carbocycles. The van der Waals surface area contributed by atoms with Crippen molar-refractivity contribution >= 4 is 5.57 Å². The van der Waals surface area contributed by atoms with E-state index >= 15 is 0 Å². The first-order valence-electron chi connectivity index (χ1n) is 15.9. The molecular weight excluding hydrogens is 562 g/mol. The summed E-state index contributed by atoms with van der Waals surface area (Å²) in [5, 5.41) is 0. The van der Waals surface area contributed by atoms with E-state index < -0.39 is 0 Å². The minimum atomic E-state index is 0.588. The Morgan fingerprint density at radius 1 is 0.587 bits per heavy atom. The molecule has 0 unspecified atom stereocenters. The van der Waals surface area contributed by atoms with E-state index in [0.29, 0.717) is 17.5 Å². The van der Waals surface area contributed by atoms with Crippen LogP contribution >= 0.6 is 0 Å². The second-order valence-corrected chi connectivity index (χ2v) is 10.5. The van der Waals surface area contributed by atoms with Crippen LogP contribution in [0, 0.1) is 6.92 Å². The normalized spacial score (nSPS) is 11.3. The first-order valence-corrected chi connectivity index (χ1v) is 15.9. The SMILES string of the molecule is C/C=C\C(=C/CC)c1cc(C)nc(-c2cc(-c3ccccn3)cc(-c3nc(-c4ccccc4)nc(-c4ccccc4)n3)c2)c1.CC. The summed E-state index contributed by atoms with van der Waals surface area (Å²) in [6, 6.07) is 36.7. The number of hydrogen-bond acceptors (Lipinski definition) is 5. The van der Waals surface area contributed by atoms with E-state index in [4.69, 9.17) is 19.9 Å². The van der Waals surface area contributed by atoms with E-state index in [1.54, 1.807) is 0 Å². The zero-order valence-electron chi connectivity index (χ0n) is 27.1. The van der Waals surface area contributed by atoms with Gasteiger partial charge in [-0.05, 0) is 73.9 Å². The predicted molar refractivity (Wildman–Crippen MR) is 192 cm³/mol. The molecule has 0 bridgehead atoms. The molecule has 0 saturated heterocycles. The molecule has 5 nitrogen and oxygen atoms in total. The molecule has 6 rings (SSSR count). The molecule has 46 heavy (non-hydrogen) atoms. The Hall–Kier alpha value is -5.55. The molecule has 0 radical (unpaired) electrons. The van der Waals surface area contributed by atoms with Gasteiger partial charge in [0, 0.05) is 39.7 Å². The van der Waals surface area contributed by atoms with Crippen LogP contribution in [-0.2, 0) is 0 Å². The second-order valence-electron chi connectivity index (χ2n) is 10.5. The van der Waals surface area contributed by atoms with E-state index in [-0.39, 0.29) is 0 Å². The Balaban J connectivity index is 0.00000204. The lowest BCUT2D eigenvalue weighted by Crippen LogP contribution is -2.01. The maximum Gasteiger partial charge on any atom is 0.164 e. The Kier molecular flexibility index (Phi) is 10.7. The number of aryl methyl sites for hydroxylation is 1. The van der Waals surface area contributed by atoms with Gasteiger partial charge in [0.05, 0.1) is 11.4 Å². The summed E-state index contributed by atoms with van der Waals surface area (Å²) in [5.74, 6) is 1.83. The third-order valence-electron chi connectivity index (χ3n) is 7.20. The Bertz CT molecular complexity index is 1890. The van der Waals surface area contributed by atoms with Crippen molar-refractivity contribution in [2.45, 2.75) is 41.0 Å².